The average molecular weight is 472 g/mol. The van der Waals surface area contributed by atoms with Gasteiger partial charge in [0.2, 0.25) is 15.9 Å². The van der Waals surface area contributed by atoms with Crippen molar-refractivity contribution in [2.45, 2.75) is 30.2 Å². The van der Waals surface area contributed by atoms with Crippen molar-refractivity contribution < 1.29 is 13.2 Å². The van der Waals surface area contributed by atoms with Crippen LogP contribution in [0.15, 0.2) is 96.2 Å². The second-order valence-electron chi connectivity index (χ2n) is 8.50. The summed E-state index contributed by atoms with van der Waals surface area (Å²) in [6.45, 7) is 0.331. The molecular weight excluding hydrogens is 446 g/mol. The molecule has 0 spiro atoms. The molecule has 2 heterocycles. The topological polar surface area (TPSA) is 79.4 Å². The van der Waals surface area contributed by atoms with Crippen molar-refractivity contribution in [3.8, 4) is 0 Å². The Kier molecular flexibility index (Phi) is 6.13. The molecule has 1 N–H and O–H groups in total. The van der Waals surface area contributed by atoms with E-state index in [1.807, 2.05) is 60.7 Å². The van der Waals surface area contributed by atoms with E-state index in [1.54, 1.807) is 30.6 Å². The summed E-state index contributed by atoms with van der Waals surface area (Å²) in [6.07, 6.45) is 5.46. The number of aromatic nitrogens is 1. The van der Waals surface area contributed by atoms with Gasteiger partial charge < -0.3 is 5.32 Å². The number of pyridine rings is 1. The van der Waals surface area contributed by atoms with Gasteiger partial charge >= 0.3 is 0 Å². The summed E-state index contributed by atoms with van der Waals surface area (Å²) in [5.74, 6) is -0.302. The zero-order valence-electron chi connectivity index (χ0n) is 18.6. The van der Waals surface area contributed by atoms with Crippen LogP contribution in [0, 0.1) is 0 Å². The van der Waals surface area contributed by atoms with E-state index in [0.29, 0.717) is 25.1 Å². The summed E-state index contributed by atoms with van der Waals surface area (Å²) >= 11 is 0. The molecule has 0 radical (unpaired) electrons. The summed E-state index contributed by atoms with van der Waals surface area (Å²) in [5.41, 5.74) is 2.93. The first-order valence-electron chi connectivity index (χ1n) is 11.3. The highest BCUT2D eigenvalue weighted by Crippen LogP contribution is 2.29. The first kappa shape index (κ1) is 22.3. The largest absolute Gasteiger partial charge is 0.325 e. The molecule has 1 saturated heterocycles. The minimum Gasteiger partial charge on any atom is -0.325 e. The zero-order valence-corrected chi connectivity index (χ0v) is 19.4. The lowest BCUT2D eigenvalue weighted by Crippen LogP contribution is -2.43. The molecule has 0 unspecified atom stereocenters. The Hall–Kier alpha value is -3.55. The third kappa shape index (κ3) is 4.58. The number of anilines is 1. The lowest BCUT2D eigenvalue weighted by Gasteiger charge is -2.23. The van der Waals surface area contributed by atoms with E-state index in [1.165, 1.54) is 4.31 Å². The Labute approximate surface area is 199 Å². The average Bonchev–Trinajstić information content (AvgIpc) is 3.37. The molecule has 0 aliphatic carbocycles. The van der Waals surface area contributed by atoms with Gasteiger partial charge in [-0.2, -0.15) is 4.31 Å². The summed E-state index contributed by atoms with van der Waals surface area (Å²) in [7, 11) is -3.79. The molecule has 1 aliphatic rings. The van der Waals surface area contributed by atoms with Crippen LogP contribution in [-0.4, -0.2) is 36.2 Å². The summed E-state index contributed by atoms with van der Waals surface area (Å²) in [4.78, 5) is 17.3. The smallest absolute Gasteiger partial charge is 0.243 e. The monoisotopic (exact) mass is 471 g/mol. The van der Waals surface area contributed by atoms with E-state index in [0.717, 1.165) is 28.3 Å². The van der Waals surface area contributed by atoms with E-state index < -0.39 is 16.1 Å². The van der Waals surface area contributed by atoms with Crippen molar-refractivity contribution in [3.63, 3.8) is 0 Å². The highest BCUT2D eigenvalue weighted by atomic mass is 32.2. The van der Waals surface area contributed by atoms with Gasteiger partial charge in [-0.25, -0.2) is 8.42 Å². The second-order valence-corrected chi connectivity index (χ2v) is 10.4. The van der Waals surface area contributed by atoms with Gasteiger partial charge in [-0.1, -0.05) is 42.5 Å². The predicted molar refractivity (Wildman–Crippen MR) is 133 cm³/mol. The number of nitrogens with zero attached hydrogens (tertiary/aromatic N) is 2. The van der Waals surface area contributed by atoms with Gasteiger partial charge in [0.25, 0.3) is 0 Å². The highest BCUT2D eigenvalue weighted by molar-refractivity contribution is 7.89. The molecule has 0 bridgehead atoms. The predicted octanol–water partition coefficient (Wildman–Crippen LogP) is 4.62. The van der Waals surface area contributed by atoms with Crippen LogP contribution in [0.25, 0.3) is 10.8 Å². The van der Waals surface area contributed by atoms with Crippen molar-refractivity contribution in [3.05, 3.63) is 102 Å². The maximum Gasteiger partial charge on any atom is 0.243 e. The molecule has 1 aliphatic heterocycles. The minimum absolute atomic E-state index is 0.214. The lowest BCUT2D eigenvalue weighted by molar-refractivity contribution is -0.119. The Balaban J connectivity index is 1.30. The van der Waals surface area contributed by atoms with Gasteiger partial charge in [0.15, 0.2) is 0 Å². The van der Waals surface area contributed by atoms with Gasteiger partial charge in [-0.05, 0) is 77.6 Å². The SMILES string of the molecule is O=C(Nc1ccc(Cc2ccncc2)cc1)[C@H]1CCCN1S(=O)(=O)c1ccc2ccccc2c1. The van der Waals surface area contributed by atoms with E-state index in [4.69, 9.17) is 0 Å². The molecule has 1 aromatic heterocycles. The molecule has 1 amide bonds. The van der Waals surface area contributed by atoms with Crippen LogP contribution in [-0.2, 0) is 21.2 Å². The van der Waals surface area contributed by atoms with Crippen molar-refractivity contribution in [1.82, 2.24) is 9.29 Å². The Morgan fingerprint density at radius 2 is 1.62 bits per heavy atom. The molecule has 172 valence electrons. The molecule has 6 nitrogen and oxygen atoms in total. The fourth-order valence-electron chi connectivity index (χ4n) is 4.42. The molecule has 0 saturated carbocycles. The number of nitrogens with one attached hydrogen (secondary N) is 1. The third-order valence-corrected chi connectivity index (χ3v) is 8.12. The number of hydrogen-bond acceptors (Lipinski definition) is 4. The highest BCUT2D eigenvalue weighted by Gasteiger charge is 2.39. The van der Waals surface area contributed by atoms with Gasteiger partial charge in [0.1, 0.15) is 6.04 Å². The van der Waals surface area contributed by atoms with Crippen LogP contribution < -0.4 is 5.32 Å². The van der Waals surface area contributed by atoms with Crippen LogP contribution in [0.5, 0.6) is 0 Å². The summed E-state index contributed by atoms with van der Waals surface area (Å²) in [6, 6.07) is 23.6. The summed E-state index contributed by atoms with van der Waals surface area (Å²) in [5, 5.41) is 4.74. The lowest BCUT2D eigenvalue weighted by atomic mass is 10.1. The minimum atomic E-state index is -3.79. The van der Waals surface area contributed by atoms with Crippen LogP contribution in [0.4, 0.5) is 5.69 Å². The van der Waals surface area contributed by atoms with Crippen molar-refractivity contribution >= 4 is 32.4 Å². The Morgan fingerprint density at radius 1 is 0.912 bits per heavy atom. The van der Waals surface area contributed by atoms with E-state index in [-0.39, 0.29) is 10.8 Å². The maximum atomic E-state index is 13.4. The quantitative estimate of drug-likeness (QED) is 0.445. The molecule has 1 fully saturated rings. The fraction of sp³-hybridized carbons (Fsp3) is 0.185. The molecular formula is C27H25N3O3S. The number of hydrogen-bond donors (Lipinski definition) is 1. The maximum absolute atomic E-state index is 13.4. The van der Waals surface area contributed by atoms with Crippen molar-refractivity contribution in [2.24, 2.45) is 0 Å². The molecule has 3 aromatic carbocycles. The standard InChI is InChI=1S/C27H25N3O3S/c31-27(29-24-10-7-20(8-11-24)18-21-13-15-28-16-14-21)26-6-3-17-30(26)34(32,33)25-12-9-22-4-1-2-5-23(22)19-25/h1-2,4-5,7-16,19,26H,3,6,17-18H2,(H,29,31)/t26-/m1/s1. The van der Waals surface area contributed by atoms with Crippen molar-refractivity contribution in [2.75, 3.05) is 11.9 Å². The first-order chi connectivity index (χ1) is 16.5. The fourth-order valence-corrected chi connectivity index (χ4v) is 6.11. The molecule has 1 atom stereocenters. The Bertz CT molecular complexity index is 1420. The van der Waals surface area contributed by atoms with Crippen LogP contribution >= 0.6 is 0 Å². The Morgan fingerprint density at radius 3 is 2.38 bits per heavy atom. The van der Waals surface area contributed by atoms with Gasteiger partial charge in [-0.15, -0.1) is 0 Å². The number of fused-ring (bicyclic) bond motifs is 1. The molecule has 5 rings (SSSR count). The first-order valence-corrected chi connectivity index (χ1v) is 12.7. The number of benzene rings is 3. The van der Waals surface area contributed by atoms with Crippen LogP contribution in [0.2, 0.25) is 0 Å². The molecule has 4 aromatic rings. The van der Waals surface area contributed by atoms with Crippen molar-refractivity contribution in [1.29, 1.82) is 0 Å². The van der Waals surface area contributed by atoms with Gasteiger partial charge in [0, 0.05) is 24.6 Å². The summed E-state index contributed by atoms with van der Waals surface area (Å²) < 4.78 is 28.1. The van der Waals surface area contributed by atoms with E-state index >= 15 is 0 Å². The van der Waals surface area contributed by atoms with Crippen LogP contribution in [0.3, 0.4) is 0 Å². The van der Waals surface area contributed by atoms with Gasteiger partial charge in [-0.3, -0.25) is 9.78 Å². The van der Waals surface area contributed by atoms with E-state index in [2.05, 4.69) is 10.3 Å². The number of sulfonamides is 1. The number of rotatable bonds is 6. The zero-order chi connectivity index (χ0) is 23.5. The number of carbonyl (C=O) groups excluding carboxylic acids is 1. The molecule has 34 heavy (non-hydrogen) atoms. The normalized spacial score (nSPS) is 16.5. The van der Waals surface area contributed by atoms with E-state index in [9.17, 15) is 13.2 Å². The van der Waals surface area contributed by atoms with Gasteiger partial charge in [0.05, 0.1) is 4.90 Å². The second kappa shape index (κ2) is 9.37. The third-order valence-electron chi connectivity index (χ3n) is 6.21. The number of amides is 1. The molecule has 7 heteroatoms. The van der Waals surface area contributed by atoms with Crippen LogP contribution in [0.1, 0.15) is 24.0 Å². The number of carbonyl (C=O) groups is 1.